The van der Waals surface area contributed by atoms with Gasteiger partial charge in [0.15, 0.2) is 0 Å². The minimum Gasteiger partial charge on any atom is -0.462 e. The Hall–Kier alpha value is -2.35. The van der Waals surface area contributed by atoms with Crippen molar-refractivity contribution in [2.45, 2.75) is 45.6 Å². The monoisotopic (exact) mass is 391 g/mol. The number of ether oxygens (including phenoxy) is 2. The highest BCUT2D eigenvalue weighted by molar-refractivity contribution is 7.21. The van der Waals surface area contributed by atoms with Gasteiger partial charge in [-0.2, -0.15) is 0 Å². The van der Waals surface area contributed by atoms with Crippen molar-refractivity contribution < 1.29 is 19.1 Å². The van der Waals surface area contributed by atoms with Crippen molar-refractivity contribution >= 4 is 39.3 Å². The number of nitrogens with two attached hydrogens (primary N) is 1. The zero-order chi connectivity index (χ0) is 19.8. The Bertz CT molecular complexity index is 872. The Morgan fingerprint density at radius 2 is 2.11 bits per heavy atom. The third-order valence-corrected chi connectivity index (χ3v) is 5.43. The molecule has 2 aromatic heterocycles. The first-order chi connectivity index (χ1) is 12.7. The lowest BCUT2D eigenvalue weighted by atomic mass is 10.0. The van der Waals surface area contributed by atoms with Gasteiger partial charge < -0.3 is 20.1 Å². The molecule has 1 aliphatic heterocycles. The molecule has 2 N–H and O–H groups in total. The summed E-state index contributed by atoms with van der Waals surface area (Å²) in [4.78, 5) is 31.8. The van der Waals surface area contributed by atoms with Gasteiger partial charge in [-0.1, -0.05) is 0 Å². The molecule has 8 heteroatoms. The van der Waals surface area contributed by atoms with E-state index in [0.29, 0.717) is 35.1 Å². The number of thiophene rings is 1. The van der Waals surface area contributed by atoms with Crippen LogP contribution in [-0.4, -0.2) is 47.2 Å². The Kier molecular flexibility index (Phi) is 5.28. The molecule has 2 aromatic rings. The lowest BCUT2D eigenvalue weighted by molar-refractivity contribution is 0.0292. The van der Waals surface area contributed by atoms with Crippen LogP contribution in [0.15, 0.2) is 12.1 Å². The first-order valence-corrected chi connectivity index (χ1v) is 9.85. The number of carbonyl (C=O) groups excluding carboxylic acids is 2. The molecule has 1 aliphatic rings. The predicted molar refractivity (Wildman–Crippen MR) is 105 cm³/mol. The maximum Gasteiger partial charge on any atom is 0.410 e. The van der Waals surface area contributed by atoms with Gasteiger partial charge in [-0.3, -0.25) is 0 Å². The topological polar surface area (TPSA) is 94.8 Å². The number of likely N-dealkylation sites (tertiary alicyclic amines) is 1. The molecule has 0 saturated carbocycles. The van der Waals surface area contributed by atoms with E-state index in [4.69, 9.17) is 20.2 Å². The number of hydrogen-bond acceptors (Lipinski definition) is 7. The average Bonchev–Trinajstić information content (AvgIpc) is 3.19. The van der Waals surface area contributed by atoms with Crippen molar-refractivity contribution in [3.8, 4) is 0 Å². The van der Waals surface area contributed by atoms with Crippen molar-refractivity contribution in [2.24, 2.45) is 0 Å². The van der Waals surface area contributed by atoms with Crippen LogP contribution >= 0.6 is 11.3 Å². The second kappa shape index (κ2) is 7.34. The summed E-state index contributed by atoms with van der Waals surface area (Å²) in [5.41, 5.74) is 6.89. The SMILES string of the molecule is CCOC(=O)c1sc2nc([C@H]3CCN(C(=O)OC(C)(C)C)C3)ccc2c1N. The smallest absolute Gasteiger partial charge is 0.410 e. The van der Waals surface area contributed by atoms with E-state index >= 15 is 0 Å². The molecular weight excluding hydrogens is 366 g/mol. The molecule has 1 saturated heterocycles. The van der Waals surface area contributed by atoms with E-state index in [1.165, 1.54) is 11.3 Å². The Labute approximate surface area is 162 Å². The lowest BCUT2D eigenvalue weighted by Gasteiger charge is -2.24. The van der Waals surface area contributed by atoms with Crippen LogP contribution < -0.4 is 5.73 Å². The molecular formula is C19H25N3O4S. The largest absolute Gasteiger partial charge is 0.462 e. The number of nitrogens with zero attached hydrogens (tertiary/aromatic N) is 2. The van der Waals surface area contributed by atoms with Gasteiger partial charge in [-0.15, -0.1) is 11.3 Å². The molecule has 7 nitrogen and oxygen atoms in total. The second-order valence-electron chi connectivity index (χ2n) is 7.57. The van der Waals surface area contributed by atoms with Crippen LogP contribution in [0.25, 0.3) is 10.2 Å². The molecule has 1 atom stereocenters. The van der Waals surface area contributed by atoms with E-state index in [1.807, 2.05) is 32.9 Å². The normalized spacial score (nSPS) is 17.3. The summed E-state index contributed by atoms with van der Waals surface area (Å²) in [5.74, 6) is -0.284. The minimum atomic E-state index is -0.510. The van der Waals surface area contributed by atoms with Crippen LogP contribution in [0, 0.1) is 0 Å². The van der Waals surface area contributed by atoms with Gasteiger partial charge in [0.25, 0.3) is 0 Å². The molecule has 1 fully saturated rings. The Morgan fingerprint density at radius 3 is 2.78 bits per heavy atom. The fourth-order valence-electron chi connectivity index (χ4n) is 3.08. The van der Waals surface area contributed by atoms with Crippen molar-refractivity contribution in [1.29, 1.82) is 0 Å². The lowest BCUT2D eigenvalue weighted by Crippen LogP contribution is -2.35. The molecule has 146 valence electrons. The number of carbonyl (C=O) groups is 2. The van der Waals surface area contributed by atoms with E-state index in [1.54, 1.807) is 11.8 Å². The molecule has 3 heterocycles. The van der Waals surface area contributed by atoms with Crippen LogP contribution in [0.2, 0.25) is 0 Å². The number of aromatic nitrogens is 1. The van der Waals surface area contributed by atoms with E-state index in [-0.39, 0.29) is 12.0 Å². The third kappa shape index (κ3) is 4.16. The third-order valence-electron chi connectivity index (χ3n) is 4.33. The molecule has 1 amide bonds. The zero-order valence-electron chi connectivity index (χ0n) is 16.1. The molecule has 0 aromatic carbocycles. The van der Waals surface area contributed by atoms with E-state index in [0.717, 1.165) is 17.5 Å². The van der Waals surface area contributed by atoms with Gasteiger partial charge in [-0.25, -0.2) is 14.6 Å². The Morgan fingerprint density at radius 1 is 1.37 bits per heavy atom. The molecule has 0 radical (unpaired) electrons. The van der Waals surface area contributed by atoms with Gasteiger partial charge in [0, 0.05) is 30.1 Å². The number of pyridine rings is 1. The van der Waals surface area contributed by atoms with Crippen LogP contribution in [0.1, 0.15) is 55.4 Å². The number of esters is 1. The number of fused-ring (bicyclic) bond motifs is 1. The van der Waals surface area contributed by atoms with Crippen molar-refractivity contribution in [1.82, 2.24) is 9.88 Å². The van der Waals surface area contributed by atoms with Gasteiger partial charge >= 0.3 is 12.1 Å². The fraction of sp³-hybridized carbons (Fsp3) is 0.526. The number of anilines is 1. The summed E-state index contributed by atoms with van der Waals surface area (Å²) in [5, 5.41) is 0.758. The summed E-state index contributed by atoms with van der Waals surface area (Å²) in [6, 6.07) is 3.81. The first kappa shape index (κ1) is 19.4. The summed E-state index contributed by atoms with van der Waals surface area (Å²) in [6.45, 7) is 8.84. The second-order valence-corrected chi connectivity index (χ2v) is 8.57. The Balaban J connectivity index is 1.78. The van der Waals surface area contributed by atoms with Crippen molar-refractivity contribution in [3.05, 3.63) is 22.7 Å². The highest BCUT2D eigenvalue weighted by Gasteiger charge is 2.31. The van der Waals surface area contributed by atoms with Crippen LogP contribution in [0.3, 0.4) is 0 Å². The minimum absolute atomic E-state index is 0.135. The summed E-state index contributed by atoms with van der Waals surface area (Å²) in [7, 11) is 0. The van der Waals surface area contributed by atoms with Crippen molar-refractivity contribution in [2.75, 3.05) is 25.4 Å². The highest BCUT2D eigenvalue weighted by Crippen LogP contribution is 2.35. The van der Waals surface area contributed by atoms with E-state index in [2.05, 4.69) is 0 Å². The van der Waals surface area contributed by atoms with Gasteiger partial charge in [0.2, 0.25) is 0 Å². The van der Waals surface area contributed by atoms with Crippen LogP contribution in [0.4, 0.5) is 10.5 Å². The number of nitrogen functional groups attached to an aromatic ring is 1. The van der Waals surface area contributed by atoms with Gasteiger partial charge in [0.1, 0.15) is 15.3 Å². The average molecular weight is 391 g/mol. The molecule has 27 heavy (non-hydrogen) atoms. The molecule has 0 unspecified atom stereocenters. The number of hydrogen-bond donors (Lipinski definition) is 1. The zero-order valence-corrected chi connectivity index (χ0v) is 16.9. The molecule has 0 spiro atoms. The fourth-order valence-corrected chi connectivity index (χ4v) is 4.08. The molecule has 0 bridgehead atoms. The number of amides is 1. The van der Waals surface area contributed by atoms with Gasteiger partial charge in [0.05, 0.1) is 12.3 Å². The first-order valence-electron chi connectivity index (χ1n) is 9.03. The van der Waals surface area contributed by atoms with E-state index < -0.39 is 11.6 Å². The van der Waals surface area contributed by atoms with Crippen molar-refractivity contribution in [3.63, 3.8) is 0 Å². The summed E-state index contributed by atoms with van der Waals surface area (Å²) >= 11 is 1.24. The van der Waals surface area contributed by atoms with Gasteiger partial charge in [-0.05, 0) is 46.2 Å². The predicted octanol–water partition coefficient (Wildman–Crippen LogP) is 3.78. The quantitative estimate of drug-likeness (QED) is 0.800. The number of rotatable bonds is 3. The standard InChI is InChI=1S/C19H25N3O4S/c1-5-25-17(23)15-14(20)12-6-7-13(21-16(12)27-15)11-8-9-22(10-11)18(24)26-19(2,3)4/h6-7,11H,5,8-10,20H2,1-4H3/t11-/m0/s1. The summed E-state index contributed by atoms with van der Waals surface area (Å²) < 4.78 is 10.5. The van der Waals surface area contributed by atoms with Crippen LogP contribution in [-0.2, 0) is 9.47 Å². The van der Waals surface area contributed by atoms with E-state index in [9.17, 15) is 9.59 Å². The highest BCUT2D eigenvalue weighted by atomic mass is 32.1. The van der Waals surface area contributed by atoms with Crippen LogP contribution in [0.5, 0.6) is 0 Å². The maximum absolute atomic E-state index is 12.3. The maximum atomic E-state index is 12.3. The molecule has 3 rings (SSSR count). The summed E-state index contributed by atoms with van der Waals surface area (Å²) in [6.07, 6.45) is 0.527. The molecule has 0 aliphatic carbocycles.